The minimum absolute atomic E-state index is 0.0186. The average molecular weight is 319 g/mol. The normalized spacial score (nSPS) is 19.7. The lowest BCUT2D eigenvalue weighted by Gasteiger charge is -2.21. The van der Waals surface area contributed by atoms with E-state index in [1.54, 1.807) is 36.7 Å². The van der Waals surface area contributed by atoms with Gasteiger partial charge in [-0.2, -0.15) is 0 Å². The smallest absolute Gasteiger partial charge is 0.261 e. The highest BCUT2D eigenvalue weighted by Crippen LogP contribution is 2.30. The van der Waals surface area contributed by atoms with Crippen molar-refractivity contribution in [3.8, 4) is 0 Å². The first-order valence-electron chi connectivity index (χ1n) is 8.16. The average Bonchev–Trinajstić information content (AvgIpc) is 2.87. The summed E-state index contributed by atoms with van der Waals surface area (Å²) in [7, 11) is 0. The Kier molecular flexibility index (Phi) is 3.69. The van der Waals surface area contributed by atoms with Gasteiger partial charge in [-0.05, 0) is 43.0 Å². The Morgan fingerprint density at radius 1 is 1.12 bits per heavy atom. The fourth-order valence-electron chi connectivity index (χ4n) is 3.39. The van der Waals surface area contributed by atoms with Crippen LogP contribution in [-0.4, -0.2) is 34.5 Å². The Labute approximate surface area is 140 Å². The van der Waals surface area contributed by atoms with Gasteiger partial charge < -0.3 is 0 Å². The van der Waals surface area contributed by atoms with Crippen LogP contribution in [0.4, 0.5) is 0 Å². The van der Waals surface area contributed by atoms with E-state index in [0.717, 1.165) is 25.0 Å². The maximum atomic E-state index is 12.3. The fourth-order valence-corrected chi connectivity index (χ4v) is 3.39. The summed E-state index contributed by atoms with van der Waals surface area (Å²) in [5.74, 6) is -0.492. The molecule has 1 aromatic heterocycles. The number of pyridine rings is 1. The number of aryl methyl sites for hydroxylation is 1. The molecule has 1 aliphatic heterocycles. The van der Waals surface area contributed by atoms with Gasteiger partial charge in [-0.25, -0.2) is 0 Å². The highest BCUT2D eigenvalue weighted by Gasteiger charge is 2.34. The molecule has 2 aliphatic rings. The van der Waals surface area contributed by atoms with E-state index in [1.807, 2.05) is 6.07 Å². The third kappa shape index (κ3) is 2.42. The van der Waals surface area contributed by atoms with Gasteiger partial charge in [-0.3, -0.25) is 24.5 Å². The van der Waals surface area contributed by atoms with Crippen LogP contribution in [0.1, 0.15) is 50.9 Å². The van der Waals surface area contributed by atoms with Crippen LogP contribution < -0.4 is 0 Å². The van der Waals surface area contributed by atoms with Crippen molar-refractivity contribution in [1.82, 2.24) is 9.88 Å². The number of aromatic nitrogens is 1. The number of aliphatic imine (C=N–C) groups is 1. The van der Waals surface area contributed by atoms with Crippen molar-refractivity contribution in [1.29, 1.82) is 0 Å². The first-order chi connectivity index (χ1) is 11.8. The quantitative estimate of drug-likeness (QED) is 0.645. The molecule has 1 unspecified atom stereocenters. The topological polar surface area (TPSA) is 62.6 Å². The maximum absolute atomic E-state index is 12.3. The number of hydrogen-bond donors (Lipinski definition) is 0. The van der Waals surface area contributed by atoms with E-state index in [2.05, 4.69) is 16.0 Å². The van der Waals surface area contributed by atoms with E-state index < -0.39 is 0 Å². The summed E-state index contributed by atoms with van der Waals surface area (Å²) < 4.78 is 0. The van der Waals surface area contributed by atoms with Crippen LogP contribution in [0, 0.1) is 0 Å². The minimum Gasteiger partial charge on any atom is -0.286 e. The van der Waals surface area contributed by atoms with Gasteiger partial charge in [0.1, 0.15) is 0 Å². The van der Waals surface area contributed by atoms with Crippen molar-refractivity contribution >= 4 is 18.0 Å². The third-order valence-corrected chi connectivity index (χ3v) is 4.59. The molecule has 0 radical (unpaired) electrons. The second kappa shape index (κ2) is 6.00. The van der Waals surface area contributed by atoms with Crippen LogP contribution in [0.3, 0.4) is 0 Å². The van der Waals surface area contributed by atoms with Crippen molar-refractivity contribution in [3.63, 3.8) is 0 Å². The molecule has 2 heterocycles. The molecule has 0 bridgehead atoms. The second-order valence-electron chi connectivity index (χ2n) is 6.05. The molecule has 0 saturated carbocycles. The van der Waals surface area contributed by atoms with Crippen LogP contribution in [0.15, 0.2) is 47.6 Å². The number of hydrogen-bond acceptors (Lipinski definition) is 4. The number of benzene rings is 1. The molecule has 1 atom stereocenters. The summed E-state index contributed by atoms with van der Waals surface area (Å²) in [6.07, 6.45) is 6.52. The number of fused-ring (bicyclic) bond motifs is 2. The zero-order valence-corrected chi connectivity index (χ0v) is 13.2. The first-order valence-corrected chi connectivity index (χ1v) is 8.16. The zero-order valence-electron chi connectivity index (χ0n) is 13.2. The number of rotatable bonds is 3. The van der Waals surface area contributed by atoms with Gasteiger partial charge in [0.25, 0.3) is 11.8 Å². The molecule has 1 aromatic carbocycles. The van der Waals surface area contributed by atoms with Gasteiger partial charge in [0.15, 0.2) is 0 Å². The van der Waals surface area contributed by atoms with E-state index in [4.69, 9.17) is 0 Å². The third-order valence-electron chi connectivity index (χ3n) is 4.59. The Balaban J connectivity index is 1.50. The van der Waals surface area contributed by atoms with Gasteiger partial charge in [-0.1, -0.05) is 18.2 Å². The predicted octanol–water partition coefficient (Wildman–Crippen LogP) is 2.83. The molecule has 120 valence electrons. The monoisotopic (exact) mass is 319 g/mol. The SMILES string of the molecule is O=C1c2ccccc2C(=O)N1CC=NC1CCCc2cccnc21. The summed E-state index contributed by atoms with van der Waals surface area (Å²) in [5.41, 5.74) is 3.20. The standard InChI is InChI=1S/C19H17N3O2/c23-18-14-7-1-2-8-15(14)19(24)22(18)12-11-20-16-9-3-5-13-6-4-10-21-17(13)16/h1-2,4,6-8,10-11,16H,3,5,9,12H2. The highest BCUT2D eigenvalue weighted by atomic mass is 16.2. The number of carbonyl (C=O) groups is 2. The molecule has 2 aromatic rings. The summed E-state index contributed by atoms with van der Waals surface area (Å²) in [4.78, 5) is 34.9. The van der Waals surface area contributed by atoms with Gasteiger partial charge >= 0.3 is 0 Å². The second-order valence-corrected chi connectivity index (χ2v) is 6.05. The van der Waals surface area contributed by atoms with E-state index in [0.29, 0.717) is 11.1 Å². The number of carbonyl (C=O) groups excluding carboxylic acids is 2. The Morgan fingerprint density at radius 2 is 1.88 bits per heavy atom. The first kappa shape index (κ1) is 14.8. The highest BCUT2D eigenvalue weighted by molar-refractivity contribution is 6.22. The Hall–Kier alpha value is -2.82. The predicted molar refractivity (Wildman–Crippen MR) is 90.2 cm³/mol. The molecule has 24 heavy (non-hydrogen) atoms. The summed E-state index contributed by atoms with van der Waals surface area (Å²) in [6.45, 7) is 0.199. The van der Waals surface area contributed by atoms with Gasteiger partial charge in [-0.15, -0.1) is 0 Å². The van der Waals surface area contributed by atoms with Crippen molar-refractivity contribution in [2.75, 3.05) is 6.54 Å². The lowest BCUT2D eigenvalue weighted by atomic mass is 9.92. The number of imide groups is 1. The van der Waals surface area contributed by atoms with Gasteiger partial charge in [0.05, 0.1) is 29.4 Å². The zero-order chi connectivity index (χ0) is 16.5. The van der Waals surface area contributed by atoms with E-state index in [9.17, 15) is 9.59 Å². The van der Waals surface area contributed by atoms with Crippen molar-refractivity contribution in [2.45, 2.75) is 25.3 Å². The summed E-state index contributed by atoms with van der Waals surface area (Å²) in [6, 6.07) is 11.0. The Morgan fingerprint density at radius 3 is 2.62 bits per heavy atom. The van der Waals surface area contributed by atoms with Crippen molar-refractivity contribution in [3.05, 3.63) is 65.0 Å². The van der Waals surface area contributed by atoms with Crippen molar-refractivity contribution < 1.29 is 9.59 Å². The van der Waals surface area contributed by atoms with Gasteiger partial charge in [0, 0.05) is 12.4 Å². The number of amides is 2. The van der Waals surface area contributed by atoms with Crippen LogP contribution in [0.25, 0.3) is 0 Å². The lowest BCUT2D eigenvalue weighted by molar-refractivity contribution is 0.0679. The molecule has 0 saturated heterocycles. The van der Waals surface area contributed by atoms with Crippen molar-refractivity contribution in [2.24, 2.45) is 4.99 Å². The van der Waals surface area contributed by atoms with Crippen LogP contribution >= 0.6 is 0 Å². The summed E-state index contributed by atoms with van der Waals surface area (Å²) in [5, 5.41) is 0. The summed E-state index contributed by atoms with van der Waals surface area (Å²) >= 11 is 0. The molecule has 5 heteroatoms. The molecule has 2 amide bonds. The van der Waals surface area contributed by atoms with Gasteiger partial charge in [0.2, 0.25) is 0 Å². The van der Waals surface area contributed by atoms with Crippen LogP contribution in [0.5, 0.6) is 0 Å². The molecule has 1 aliphatic carbocycles. The molecular weight excluding hydrogens is 302 g/mol. The molecule has 0 fully saturated rings. The molecule has 4 rings (SSSR count). The number of nitrogens with zero attached hydrogens (tertiary/aromatic N) is 3. The maximum Gasteiger partial charge on any atom is 0.261 e. The molecule has 0 N–H and O–H groups in total. The minimum atomic E-state index is -0.246. The van der Waals surface area contributed by atoms with Crippen LogP contribution in [0.2, 0.25) is 0 Å². The van der Waals surface area contributed by atoms with E-state index in [-0.39, 0.29) is 24.4 Å². The largest absolute Gasteiger partial charge is 0.286 e. The molecule has 5 nitrogen and oxygen atoms in total. The molecular formula is C19H17N3O2. The Bertz CT molecular complexity index is 809. The lowest BCUT2D eigenvalue weighted by Crippen LogP contribution is -2.31. The van der Waals surface area contributed by atoms with E-state index in [1.165, 1.54) is 10.5 Å². The van der Waals surface area contributed by atoms with E-state index >= 15 is 0 Å². The van der Waals surface area contributed by atoms with Crippen LogP contribution in [-0.2, 0) is 6.42 Å². The fraction of sp³-hybridized carbons (Fsp3) is 0.263. The molecule has 0 spiro atoms.